The number of anilines is 1. The van der Waals surface area contributed by atoms with Gasteiger partial charge in [0.1, 0.15) is 11.6 Å². The third kappa shape index (κ3) is 0.794. The number of nitrogens with two attached hydrogens (primary N) is 1. The summed E-state index contributed by atoms with van der Waals surface area (Å²) in [6.45, 7) is 4.00. The smallest absolute Gasteiger partial charge is 0.149 e. The van der Waals surface area contributed by atoms with Crippen molar-refractivity contribution in [2.24, 2.45) is 0 Å². The maximum absolute atomic E-state index is 5.71. The van der Waals surface area contributed by atoms with Gasteiger partial charge in [0, 0.05) is 5.69 Å². The molecule has 2 aromatic rings. The quantitative estimate of drug-likeness (QED) is 0.636. The van der Waals surface area contributed by atoms with Crippen LogP contribution in [0.25, 0.3) is 5.52 Å². The summed E-state index contributed by atoms with van der Waals surface area (Å²) in [5.41, 5.74) is 7.87. The molecule has 0 unspecified atom stereocenters. The molecular weight excluding hydrogens is 150 g/mol. The number of aromatic nitrogens is 2. The Kier molecular flexibility index (Phi) is 1.33. The Hall–Kier alpha value is -1.51. The van der Waals surface area contributed by atoms with Crippen molar-refractivity contribution in [3.63, 3.8) is 0 Å². The van der Waals surface area contributed by atoms with E-state index in [9.17, 15) is 0 Å². The molecule has 0 aromatic carbocycles. The van der Waals surface area contributed by atoms with Crippen molar-refractivity contribution in [2.75, 3.05) is 5.73 Å². The van der Waals surface area contributed by atoms with Crippen LogP contribution in [0.1, 0.15) is 11.5 Å². The molecule has 0 amide bonds. The summed E-state index contributed by atoms with van der Waals surface area (Å²) < 4.78 is 2.05. The molecule has 0 atom stereocenters. The first kappa shape index (κ1) is 7.16. The molecular formula is C9H11N3. The molecule has 3 nitrogen and oxygen atoms in total. The van der Waals surface area contributed by atoms with Gasteiger partial charge in [0.15, 0.2) is 0 Å². The second kappa shape index (κ2) is 2.24. The number of aryl methyl sites for hydroxylation is 2. The monoisotopic (exact) mass is 161 g/mol. The van der Waals surface area contributed by atoms with Crippen LogP contribution in [-0.4, -0.2) is 9.38 Å². The van der Waals surface area contributed by atoms with Crippen molar-refractivity contribution in [3.05, 3.63) is 29.7 Å². The summed E-state index contributed by atoms with van der Waals surface area (Å²) in [5, 5.41) is 0. The van der Waals surface area contributed by atoms with Gasteiger partial charge in [0.2, 0.25) is 0 Å². The molecule has 0 radical (unpaired) electrons. The zero-order chi connectivity index (χ0) is 8.72. The summed E-state index contributed by atoms with van der Waals surface area (Å²) in [6.07, 6.45) is 0. The SMILES string of the molecule is Cc1cccc2c(N)nc(C)n12. The van der Waals surface area contributed by atoms with Gasteiger partial charge in [-0.25, -0.2) is 4.98 Å². The topological polar surface area (TPSA) is 43.3 Å². The lowest BCUT2D eigenvalue weighted by molar-refractivity contribution is 0.996. The maximum atomic E-state index is 5.71. The van der Waals surface area contributed by atoms with Gasteiger partial charge < -0.3 is 5.73 Å². The first-order valence-corrected chi connectivity index (χ1v) is 3.90. The van der Waals surface area contributed by atoms with Gasteiger partial charge >= 0.3 is 0 Å². The Balaban J connectivity index is 2.99. The highest BCUT2D eigenvalue weighted by atomic mass is 15.1. The lowest BCUT2D eigenvalue weighted by atomic mass is 10.3. The maximum Gasteiger partial charge on any atom is 0.149 e. The van der Waals surface area contributed by atoms with Gasteiger partial charge in [-0.05, 0) is 26.0 Å². The number of hydrogen-bond donors (Lipinski definition) is 1. The van der Waals surface area contributed by atoms with E-state index in [1.165, 1.54) is 0 Å². The second-order valence-corrected chi connectivity index (χ2v) is 2.93. The molecule has 0 saturated carbocycles. The van der Waals surface area contributed by atoms with E-state index in [1.54, 1.807) is 0 Å². The number of imidazole rings is 1. The van der Waals surface area contributed by atoms with Crippen molar-refractivity contribution in [1.29, 1.82) is 0 Å². The van der Waals surface area contributed by atoms with Crippen LogP contribution in [0, 0.1) is 13.8 Å². The van der Waals surface area contributed by atoms with Gasteiger partial charge in [0.25, 0.3) is 0 Å². The second-order valence-electron chi connectivity index (χ2n) is 2.93. The van der Waals surface area contributed by atoms with Crippen LogP contribution >= 0.6 is 0 Å². The van der Waals surface area contributed by atoms with Crippen LogP contribution < -0.4 is 5.73 Å². The number of nitrogens with zero attached hydrogens (tertiary/aromatic N) is 2. The highest BCUT2D eigenvalue weighted by Gasteiger charge is 2.04. The summed E-state index contributed by atoms with van der Waals surface area (Å²) in [6, 6.07) is 6.01. The molecule has 2 rings (SSSR count). The van der Waals surface area contributed by atoms with Gasteiger partial charge in [-0.2, -0.15) is 0 Å². The number of rotatable bonds is 0. The number of pyridine rings is 1. The van der Waals surface area contributed by atoms with Crippen LogP contribution in [-0.2, 0) is 0 Å². The minimum absolute atomic E-state index is 0.608. The predicted molar refractivity (Wildman–Crippen MR) is 49.1 cm³/mol. The first-order chi connectivity index (χ1) is 5.70. The average molecular weight is 161 g/mol. The summed E-state index contributed by atoms with van der Waals surface area (Å²) in [7, 11) is 0. The van der Waals surface area contributed by atoms with Crippen molar-refractivity contribution < 1.29 is 0 Å². The minimum atomic E-state index is 0.608. The minimum Gasteiger partial charge on any atom is -0.382 e. The summed E-state index contributed by atoms with van der Waals surface area (Å²) >= 11 is 0. The van der Waals surface area contributed by atoms with Gasteiger partial charge in [-0.1, -0.05) is 6.07 Å². The molecule has 0 bridgehead atoms. The molecule has 0 spiro atoms. The highest BCUT2D eigenvalue weighted by Crippen LogP contribution is 2.16. The van der Waals surface area contributed by atoms with Crippen molar-refractivity contribution in [1.82, 2.24) is 9.38 Å². The van der Waals surface area contributed by atoms with Gasteiger partial charge in [-0.15, -0.1) is 0 Å². The predicted octanol–water partition coefficient (Wildman–Crippen LogP) is 1.53. The van der Waals surface area contributed by atoms with E-state index in [-0.39, 0.29) is 0 Å². The standard InChI is InChI=1S/C9H11N3/c1-6-4-3-5-8-9(10)11-7(2)12(6)8/h3-5H,10H2,1-2H3. The third-order valence-corrected chi connectivity index (χ3v) is 2.05. The van der Waals surface area contributed by atoms with E-state index in [0.29, 0.717) is 5.82 Å². The normalized spacial score (nSPS) is 10.8. The Morgan fingerprint density at radius 1 is 1.33 bits per heavy atom. The molecule has 12 heavy (non-hydrogen) atoms. The zero-order valence-electron chi connectivity index (χ0n) is 7.20. The number of fused-ring (bicyclic) bond motifs is 1. The zero-order valence-corrected chi connectivity index (χ0v) is 7.20. The molecule has 3 heteroatoms. The molecule has 0 aliphatic rings. The number of hydrogen-bond acceptors (Lipinski definition) is 2. The molecule has 0 aliphatic heterocycles. The van der Waals surface area contributed by atoms with Crippen molar-refractivity contribution in [2.45, 2.75) is 13.8 Å². The molecule has 62 valence electrons. The van der Waals surface area contributed by atoms with E-state index >= 15 is 0 Å². The third-order valence-electron chi connectivity index (χ3n) is 2.05. The van der Waals surface area contributed by atoms with Crippen molar-refractivity contribution >= 4 is 11.3 Å². The van der Waals surface area contributed by atoms with E-state index < -0.39 is 0 Å². The molecule has 0 fully saturated rings. The van der Waals surface area contributed by atoms with Crippen LogP contribution in [0.3, 0.4) is 0 Å². The highest BCUT2D eigenvalue weighted by molar-refractivity contribution is 5.66. The average Bonchev–Trinajstić information content (AvgIpc) is 2.29. The fraction of sp³-hybridized carbons (Fsp3) is 0.222. The van der Waals surface area contributed by atoms with E-state index in [4.69, 9.17) is 5.73 Å². The largest absolute Gasteiger partial charge is 0.382 e. The Bertz CT molecular complexity index is 429. The lowest BCUT2D eigenvalue weighted by Crippen LogP contribution is -1.92. The molecule has 0 saturated heterocycles. The van der Waals surface area contributed by atoms with Crippen LogP contribution in [0.5, 0.6) is 0 Å². The Labute approximate surface area is 70.8 Å². The van der Waals surface area contributed by atoms with Crippen LogP contribution in [0.4, 0.5) is 5.82 Å². The fourth-order valence-corrected chi connectivity index (χ4v) is 1.53. The lowest BCUT2D eigenvalue weighted by Gasteiger charge is -1.99. The Morgan fingerprint density at radius 2 is 2.08 bits per heavy atom. The fourth-order valence-electron chi connectivity index (χ4n) is 1.53. The first-order valence-electron chi connectivity index (χ1n) is 3.90. The van der Waals surface area contributed by atoms with Gasteiger partial charge in [0.05, 0.1) is 5.52 Å². The van der Waals surface area contributed by atoms with Crippen LogP contribution in [0.15, 0.2) is 18.2 Å². The van der Waals surface area contributed by atoms with Gasteiger partial charge in [-0.3, -0.25) is 4.40 Å². The van der Waals surface area contributed by atoms with Crippen LogP contribution in [0.2, 0.25) is 0 Å². The molecule has 2 aromatic heterocycles. The van der Waals surface area contributed by atoms with Crippen molar-refractivity contribution in [3.8, 4) is 0 Å². The Morgan fingerprint density at radius 3 is 2.75 bits per heavy atom. The van der Waals surface area contributed by atoms with E-state index in [0.717, 1.165) is 17.0 Å². The summed E-state index contributed by atoms with van der Waals surface area (Å²) in [5.74, 6) is 1.55. The number of nitrogen functional groups attached to an aromatic ring is 1. The molecule has 2 heterocycles. The molecule has 2 N–H and O–H groups in total. The van der Waals surface area contributed by atoms with E-state index in [1.807, 2.05) is 32.0 Å². The summed E-state index contributed by atoms with van der Waals surface area (Å²) in [4.78, 5) is 4.19. The molecule has 0 aliphatic carbocycles. The van der Waals surface area contributed by atoms with E-state index in [2.05, 4.69) is 9.38 Å².